The third-order valence-corrected chi connectivity index (χ3v) is 5.92. The molecule has 1 aliphatic rings. The first-order chi connectivity index (χ1) is 10.6. The molecule has 0 heterocycles. The third-order valence-electron chi connectivity index (χ3n) is 5.92. The van der Waals surface area contributed by atoms with Gasteiger partial charge in [0.1, 0.15) is 0 Å². The highest BCUT2D eigenvalue weighted by Crippen LogP contribution is 2.51. The molecule has 0 saturated heterocycles. The van der Waals surface area contributed by atoms with E-state index in [-0.39, 0.29) is 5.41 Å². The predicted octanol–water partition coefficient (Wildman–Crippen LogP) is 6.18. The summed E-state index contributed by atoms with van der Waals surface area (Å²) in [4.78, 5) is 0. The maximum atomic E-state index is 2.48. The highest BCUT2D eigenvalue weighted by molar-refractivity contribution is 5.34. The van der Waals surface area contributed by atoms with E-state index in [9.17, 15) is 0 Å². The number of hydrogen-bond donors (Lipinski definition) is 0. The van der Waals surface area contributed by atoms with E-state index in [1.807, 2.05) is 0 Å². The van der Waals surface area contributed by atoms with Crippen molar-refractivity contribution in [3.63, 3.8) is 0 Å². The van der Waals surface area contributed by atoms with Crippen LogP contribution in [0.3, 0.4) is 0 Å². The zero-order chi connectivity index (χ0) is 15.6. The molecule has 116 valence electrons. The van der Waals surface area contributed by atoms with Gasteiger partial charge in [-0.2, -0.15) is 0 Å². The first-order valence-electron chi connectivity index (χ1n) is 8.72. The van der Waals surface area contributed by atoms with Crippen molar-refractivity contribution in [2.24, 2.45) is 11.8 Å². The summed E-state index contributed by atoms with van der Waals surface area (Å²) < 4.78 is 0. The van der Waals surface area contributed by atoms with Gasteiger partial charge in [-0.3, -0.25) is 0 Å². The van der Waals surface area contributed by atoms with Gasteiger partial charge in [0.15, 0.2) is 0 Å². The Morgan fingerprint density at radius 2 is 1.50 bits per heavy atom. The Morgan fingerprint density at radius 3 is 2.09 bits per heavy atom. The van der Waals surface area contributed by atoms with Crippen LogP contribution in [-0.4, -0.2) is 0 Å². The van der Waals surface area contributed by atoms with E-state index in [1.54, 1.807) is 0 Å². The summed E-state index contributed by atoms with van der Waals surface area (Å²) in [6.07, 6.45) is 3.96. The molecule has 0 spiro atoms. The zero-order valence-corrected chi connectivity index (χ0v) is 14.1. The summed E-state index contributed by atoms with van der Waals surface area (Å²) in [5, 5.41) is 0. The number of rotatable bonds is 3. The second-order valence-electron chi connectivity index (χ2n) is 7.53. The highest BCUT2D eigenvalue weighted by Gasteiger charge is 2.42. The van der Waals surface area contributed by atoms with Crippen LogP contribution in [0.1, 0.15) is 57.1 Å². The van der Waals surface area contributed by atoms with Gasteiger partial charge in [0.25, 0.3) is 0 Å². The quantitative estimate of drug-likeness (QED) is 0.633. The molecule has 0 N–H and O–H groups in total. The fraction of sp³-hybridized carbons (Fsp3) is 0.455. The van der Waals surface area contributed by atoms with E-state index >= 15 is 0 Å². The van der Waals surface area contributed by atoms with Crippen LogP contribution >= 0.6 is 0 Å². The SMILES string of the molecule is CC(C)C1CCC(C)(c2ccccc2)C(c2ccccc2)C1. The van der Waals surface area contributed by atoms with Gasteiger partial charge < -0.3 is 0 Å². The van der Waals surface area contributed by atoms with Crippen LogP contribution in [0.5, 0.6) is 0 Å². The summed E-state index contributed by atoms with van der Waals surface area (Å²) in [6.45, 7) is 7.26. The first-order valence-corrected chi connectivity index (χ1v) is 8.72. The molecular weight excluding hydrogens is 264 g/mol. The summed E-state index contributed by atoms with van der Waals surface area (Å²) in [5.41, 5.74) is 3.28. The van der Waals surface area contributed by atoms with E-state index in [0.717, 1.165) is 11.8 Å². The van der Waals surface area contributed by atoms with Gasteiger partial charge >= 0.3 is 0 Å². The van der Waals surface area contributed by atoms with Crippen LogP contribution in [-0.2, 0) is 5.41 Å². The fourth-order valence-electron chi connectivity index (χ4n) is 4.30. The van der Waals surface area contributed by atoms with E-state index in [2.05, 4.69) is 81.4 Å². The van der Waals surface area contributed by atoms with Gasteiger partial charge in [-0.05, 0) is 53.6 Å². The van der Waals surface area contributed by atoms with Gasteiger partial charge in [0.05, 0.1) is 0 Å². The van der Waals surface area contributed by atoms with Crippen LogP contribution < -0.4 is 0 Å². The molecule has 1 saturated carbocycles. The van der Waals surface area contributed by atoms with Crippen LogP contribution in [0.15, 0.2) is 60.7 Å². The molecule has 0 amide bonds. The van der Waals surface area contributed by atoms with Crippen molar-refractivity contribution in [1.29, 1.82) is 0 Å². The highest BCUT2D eigenvalue weighted by atomic mass is 14.5. The van der Waals surface area contributed by atoms with Gasteiger partial charge in [0, 0.05) is 0 Å². The van der Waals surface area contributed by atoms with Crippen molar-refractivity contribution < 1.29 is 0 Å². The lowest BCUT2D eigenvalue weighted by Gasteiger charge is -2.46. The molecule has 2 aromatic rings. The minimum atomic E-state index is 0.258. The van der Waals surface area contributed by atoms with E-state index in [1.165, 1.54) is 30.4 Å². The van der Waals surface area contributed by atoms with Crippen LogP contribution in [0, 0.1) is 11.8 Å². The molecule has 1 aliphatic carbocycles. The Hall–Kier alpha value is -1.56. The molecule has 2 aromatic carbocycles. The molecule has 3 atom stereocenters. The van der Waals surface area contributed by atoms with Crippen molar-refractivity contribution in [2.75, 3.05) is 0 Å². The number of hydrogen-bond acceptors (Lipinski definition) is 0. The molecule has 3 rings (SSSR count). The Labute approximate surface area is 135 Å². The molecule has 0 aromatic heterocycles. The molecule has 1 fully saturated rings. The van der Waals surface area contributed by atoms with Crippen molar-refractivity contribution in [3.05, 3.63) is 71.8 Å². The Morgan fingerprint density at radius 1 is 0.909 bits per heavy atom. The van der Waals surface area contributed by atoms with Crippen molar-refractivity contribution in [3.8, 4) is 0 Å². The normalized spacial score (nSPS) is 28.7. The minimum absolute atomic E-state index is 0.258. The third kappa shape index (κ3) is 2.84. The molecule has 0 bridgehead atoms. The largest absolute Gasteiger partial charge is 0.0625 e. The van der Waals surface area contributed by atoms with Crippen LogP contribution in [0.25, 0.3) is 0 Å². The van der Waals surface area contributed by atoms with Crippen LogP contribution in [0.4, 0.5) is 0 Å². The Kier molecular flexibility index (Phi) is 4.38. The van der Waals surface area contributed by atoms with Gasteiger partial charge in [-0.1, -0.05) is 81.4 Å². The Bertz CT molecular complexity index is 584. The molecule has 0 aliphatic heterocycles. The molecule has 0 radical (unpaired) electrons. The average molecular weight is 292 g/mol. The monoisotopic (exact) mass is 292 g/mol. The molecule has 3 unspecified atom stereocenters. The smallest absolute Gasteiger partial charge is 0.000645 e. The number of benzene rings is 2. The maximum Gasteiger partial charge on any atom is -0.000645 e. The first kappa shape index (κ1) is 15.3. The van der Waals surface area contributed by atoms with E-state index < -0.39 is 0 Å². The van der Waals surface area contributed by atoms with Crippen molar-refractivity contribution >= 4 is 0 Å². The fourth-order valence-corrected chi connectivity index (χ4v) is 4.30. The average Bonchev–Trinajstić information content (AvgIpc) is 2.56. The van der Waals surface area contributed by atoms with Gasteiger partial charge in [0.2, 0.25) is 0 Å². The second-order valence-corrected chi connectivity index (χ2v) is 7.53. The summed E-state index contributed by atoms with van der Waals surface area (Å²) in [5.74, 6) is 2.26. The maximum absolute atomic E-state index is 2.48. The van der Waals surface area contributed by atoms with E-state index in [0.29, 0.717) is 5.92 Å². The van der Waals surface area contributed by atoms with Crippen molar-refractivity contribution in [2.45, 2.75) is 51.4 Å². The lowest BCUT2D eigenvalue weighted by molar-refractivity contribution is 0.173. The summed E-state index contributed by atoms with van der Waals surface area (Å²) in [7, 11) is 0. The minimum Gasteiger partial charge on any atom is -0.0625 e. The zero-order valence-electron chi connectivity index (χ0n) is 14.1. The summed E-state index contributed by atoms with van der Waals surface area (Å²) in [6, 6.07) is 22.3. The molecular formula is C22H28. The molecule has 0 nitrogen and oxygen atoms in total. The van der Waals surface area contributed by atoms with Crippen LogP contribution in [0.2, 0.25) is 0 Å². The van der Waals surface area contributed by atoms with Gasteiger partial charge in [-0.25, -0.2) is 0 Å². The van der Waals surface area contributed by atoms with E-state index in [4.69, 9.17) is 0 Å². The Balaban J connectivity index is 2.01. The lowest BCUT2D eigenvalue weighted by atomic mass is 9.58. The second kappa shape index (κ2) is 6.28. The molecule has 0 heteroatoms. The molecule has 22 heavy (non-hydrogen) atoms. The predicted molar refractivity (Wildman–Crippen MR) is 95.2 cm³/mol. The topological polar surface area (TPSA) is 0 Å². The van der Waals surface area contributed by atoms with Crippen molar-refractivity contribution in [1.82, 2.24) is 0 Å². The lowest BCUT2D eigenvalue weighted by Crippen LogP contribution is -2.37. The van der Waals surface area contributed by atoms with Gasteiger partial charge in [-0.15, -0.1) is 0 Å². The standard InChI is InChI=1S/C22H28/c1-17(2)19-14-15-22(3,20-12-8-5-9-13-20)21(16-19)18-10-6-4-7-11-18/h4-13,17,19,21H,14-16H2,1-3H3. The summed E-state index contributed by atoms with van der Waals surface area (Å²) >= 11 is 0.